The molecule has 0 radical (unpaired) electrons. The molecule has 0 aliphatic heterocycles. The Kier molecular flexibility index (Phi) is 3.76. The highest BCUT2D eigenvalue weighted by molar-refractivity contribution is 9.10. The van der Waals surface area contributed by atoms with Gasteiger partial charge in [0.25, 0.3) is 0 Å². The van der Waals surface area contributed by atoms with E-state index in [-0.39, 0.29) is 6.10 Å². The molecular weight excluding hydrogens is 270 g/mol. The van der Waals surface area contributed by atoms with Crippen LogP contribution < -0.4 is 5.32 Å². The highest BCUT2D eigenvalue weighted by Gasteiger charge is 2.27. The van der Waals surface area contributed by atoms with Gasteiger partial charge in [0.15, 0.2) is 0 Å². The van der Waals surface area contributed by atoms with Crippen LogP contribution in [-0.2, 0) is 4.74 Å². The number of halogens is 1. The topological polar surface area (TPSA) is 47.0 Å². The fourth-order valence-electron chi connectivity index (χ4n) is 1.38. The first-order chi connectivity index (χ1) is 7.69. The quantitative estimate of drug-likeness (QED) is 0.845. The van der Waals surface area contributed by atoms with Gasteiger partial charge in [-0.05, 0) is 35.7 Å². The molecule has 0 saturated heterocycles. The Labute approximate surface area is 104 Å². The molecular formula is C11H16BrN3O. The molecule has 1 heterocycles. The van der Waals surface area contributed by atoms with Crippen LogP contribution in [0.3, 0.4) is 0 Å². The zero-order valence-corrected chi connectivity index (χ0v) is 11.1. The minimum absolute atomic E-state index is 0.179. The Morgan fingerprint density at radius 2 is 2.31 bits per heavy atom. The van der Waals surface area contributed by atoms with E-state index < -0.39 is 0 Å². The van der Waals surface area contributed by atoms with E-state index in [1.807, 2.05) is 13.0 Å². The summed E-state index contributed by atoms with van der Waals surface area (Å²) in [5.41, 5.74) is 0. The molecule has 1 atom stereocenters. The number of anilines is 1. The first-order valence-corrected chi connectivity index (χ1v) is 6.29. The lowest BCUT2D eigenvalue weighted by Crippen LogP contribution is -2.19. The van der Waals surface area contributed by atoms with Crippen molar-refractivity contribution in [1.29, 1.82) is 0 Å². The van der Waals surface area contributed by atoms with Gasteiger partial charge in [-0.15, -0.1) is 0 Å². The van der Waals surface area contributed by atoms with Crippen molar-refractivity contribution in [2.24, 2.45) is 0 Å². The normalized spacial score (nSPS) is 17.2. The van der Waals surface area contributed by atoms with Gasteiger partial charge in [0.1, 0.15) is 16.2 Å². The van der Waals surface area contributed by atoms with Crippen LogP contribution >= 0.6 is 15.9 Å². The minimum atomic E-state index is 0.179. The highest BCUT2D eigenvalue weighted by Crippen LogP contribution is 2.38. The Morgan fingerprint density at radius 1 is 1.56 bits per heavy atom. The average molecular weight is 286 g/mol. The second kappa shape index (κ2) is 5.10. The fourth-order valence-corrected chi connectivity index (χ4v) is 1.78. The number of hydrogen-bond acceptors (Lipinski definition) is 4. The van der Waals surface area contributed by atoms with E-state index in [1.54, 1.807) is 7.11 Å². The van der Waals surface area contributed by atoms with Gasteiger partial charge >= 0.3 is 0 Å². The summed E-state index contributed by atoms with van der Waals surface area (Å²) in [6, 6.07) is 1.90. The number of hydrogen-bond donors (Lipinski definition) is 1. The van der Waals surface area contributed by atoms with Gasteiger partial charge in [0, 0.05) is 25.6 Å². The van der Waals surface area contributed by atoms with Crippen LogP contribution in [0.4, 0.5) is 5.82 Å². The van der Waals surface area contributed by atoms with Crippen LogP contribution in [0.2, 0.25) is 0 Å². The summed E-state index contributed by atoms with van der Waals surface area (Å²) in [7, 11) is 1.71. The summed E-state index contributed by atoms with van der Waals surface area (Å²) in [6.45, 7) is 2.77. The van der Waals surface area contributed by atoms with E-state index in [4.69, 9.17) is 4.74 Å². The molecule has 1 saturated carbocycles. The van der Waals surface area contributed by atoms with Crippen molar-refractivity contribution < 1.29 is 4.74 Å². The summed E-state index contributed by atoms with van der Waals surface area (Å²) in [6.07, 6.45) is 2.60. The van der Waals surface area contributed by atoms with Crippen LogP contribution in [0.25, 0.3) is 0 Å². The number of methoxy groups -OCH3 is 1. The Morgan fingerprint density at radius 3 is 2.94 bits per heavy atom. The summed E-state index contributed by atoms with van der Waals surface area (Å²) in [4.78, 5) is 8.87. The second-order valence-corrected chi connectivity index (χ2v) is 4.95. The van der Waals surface area contributed by atoms with Gasteiger partial charge in [-0.3, -0.25) is 0 Å². The van der Waals surface area contributed by atoms with E-state index in [1.165, 1.54) is 12.8 Å². The van der Waals surface area contributed by atoms with Gasteiger partial charge in [-0.25, -0.2) is 9.97 Å². The smallest absolute Gasteiger partial charge is 0.135 e. The zero-order valence-electron chi connectivity index (χ0n) is 9.53. The first kappa shape index (κ1) is 11.8. The molecule has 0 amide bonds. The average Bonchev–Trinajstić information content (AvgIpc) is 3.09. The number of nitrogens with zero attached hydrogens (tertiary/aromatic N) is 2. The molecule has 4 nitrogen and oxygen atoms in total. The largest absolute Gasteiger partial charge is 0.380 e. The van der Waals surface area contributed by atoms with Crippen molar-refractivity contribution in [3.63, 3.8) is 0 Å². The molecule has 1 fully saturated rings. The molecule has 1 aliphatic rings. The van der Waals surface area contributed by atoms with Crippen molar-refractivity contribution in [2.75, 3.05) is 19.0 Å². The van der Waals surface area contributed by atoms with Crippen molar-refractivity contribution in [2.45, 2.75) is 31.8 Å². The molecule has 88 valence electrons. The minimum Gasteiger partial charge on any atom is -0.380 e. The summed E-state index contributed by atoms with van der Waals surface area (Å²) in [5, 5.41) is 3.25. The summed E-state index contributed by atoms with van der Waals surface area (Å²) >= 11 is 3.41. The molecule has 0 bridgehead atoms. The Balaban J connectivity index is 2.02. The lowest BCUT2D eigenvalue weighted by molar-refractivity contribution is 0.128. The molecule has 5 heteroatoms. The van der Waals surface area contributed by atoms with E-state index in [0.29, 0.717) is 5.92 Å². The van der Waals surface area contributed by atoms with Crippen molar-refractivity contribution in [1.82, 2.24) is 9.97 Å². The number of aromatic nitrogens is 2. The van der Waals surface area contributed by atoms with Gasteiger partial charge in [0.2, 0.25) is 0 Å². The van der Waals surface area contributed by atoms with E-state index in [2.05, 4.69) is 31.2 Å². The molecule has 1 aromatic rings. The van der Waals surface area contributed by atoms with Crippen LogP contribution in [0.1, 0.15) is 31.5 Å². The highest BCUT2D eigenvalue weighted by atomic mass is 79.9. The molecule has 1 N–H and O–H groups in total. The first-order valence-electron chi connectivity index (χ1n) is 5.50. The summed E-state index contributed by atoms with van der Waals surface area (Å²) < 4.78 is 6.02. The van der Waals surface area contributed by atoms with Crippen molar-refractivity contribution in [3.8, 4) is 0 Å². The van der Waals surface area contributed by atoms with E-state index >= 15 is 0 Å². The van der Waals surface area contributed by atoms with Crippen LogP contribution in [0, 0.1) is 0 Å². The molecule has 2 rings (SSSR count). The Hall–Kier alpha value is -0.680. The molecule has 1 unspecified atom stereocenters. The van der Waals surface area contributed by atoms with Crippen molar-refractivity contribution in [3.05, 3.63) is 16.5 Å². The summed E-state index contributed by atoms with van der Waals surface area (Å²) in [5.74, 6) is 2.38. The lowest BCUT2D eigenvalue weighted by Gasteiger charge is -2.12. The molecule has 1 aromatic heterocycles. The predicted molar refractivity (Wildman–Crippen MR) is 66.7 cm³/mol. The zero-order chi connectivity index (χ0) is 11.5. The monoisotopic (exact) mass is 285 g/mol. The molecule has 0 spiro atoms. The maximum Gasteiger partial charge on any atom is 0.135 e. The SMILES string of the molecule is COC(C)CNc1cc(Br)nc(C2CC2)n1. The van der Waals surface area contributed by atoms with Gasteiger partial charge in [-0.2, -0.15) is 0 Å². The third kappa shape index (κ3) is 3.15. The molecule has 16 heavy (non-hydrogen) atoms. The molecule has 0 aromatic carbocycles. The molecule has 1 aliphatic carbocycles. The maximum absolute atomic E-state index is 5.17. The van der Waals surface area contributed by atoms with Crippen LogP contribution in [-0.4, -0.2) is 29.7 Å². The van der Waals surface area contributed by atoms with Crippen molar-refractivity contribution >= 4 is 21.7 Å². The van der Waals surface area contributed by atoms with Gasteiger partial charge in [0.05, 0.1) is 6.10 Å². The van der Waals surface area contributed by atoms with Gasteiger partial charge < -0.3 is 10.1 Å². The number of rotatable bonds is 5. The number of nitrogens with one attached hydrogen (secondary N) is 1. The van der Waals surface area contributed by atoms with Gasteiger partial charge in [-0.1, -0.05) is 0 Å². The van der Waals surface area contributed by atoms with E-state index in [9.17, 15) is 0 Å². The number of ether oxygens (including phenoxy) is 1. The third-order valence-corrected chi connectivity index (χ3v) is 3.03. The predicted octanol–water partition coefficient (Wildman–Crippen LogP) is 2.56. The Bertz CT molecular complexity index is 368. The maximum atomic E-state index is 5.17. The third-order valence-electron chi connectivity index (χ3n) is 2.63. The fraction of sp³-hybridized carbons (Fsp3) is 0.636. The van der Waals surface area contributed by atoms with Crippen LogP contribution in [0.5, 0.6) is 0 Å². The second-order valence-electron chi connectivity index (χ2n) is 4.14. The standard InChI is InChI=1S/C11H16BrN3O/c1-7(16-2)6-13-10-5-9(12)14-11(15-10)8-3-4-8/h5,7-8H,3-4,6H2,1-2H3,(H,13,14,15). The van der Waals surface area contributed by atoms with Crippen LogP contribution in [0.15, 0.2) is 10.7 Å². The lowest BCUT2D eigenvalue weighted by atomic mass is 10.3. The van der Waals surface area contributed by atoms with E-state index in [0.717, 1.165) is 22.8 Å².